The molecule has 0 aliphatic heterocycles. The second-order valence-electron chi connectivity index (χ2n) is 8.58. The zero-order chi connectivity index (χ0) is 25.9. The van der Waals surface area contributed by atoms with E-state index in [9.17, 15) is 14.4 Å². The number of imidazole rings is 1. The van der Waals surface area contributed by atoms with Gasteiger partial charge in [0.25, 0.3) is 5.91 Å². The summed E-state index contributed by atoms with van der Waals surface area (Å²) < 4.78 is 15.4. The maximum atomic E-state index is 12.7. The van der Waals surface area contributed by atoms with Crippen LogP contribution in [0.25, 0.3) is 22.4 Å². The van der Waals surface area contributed by atoms with Crippen molar-refractivity contribution in [2.45, 2.75) is 25.7 Å². The Hall–Kier alpha value is -4.18. The summed E-state index contributed by atoms with van der Waals surface area (Å²) in [4.78, 5) is 46.5. The molecule has 5 rings (SSSR count). The molecule has 0 saturated carbocycles. The minimum absolute atomic E-state index is 0.284. The number of thiophene rings is 1. The third kappa shape index (κ3) is 5.05. The number of anilines is 1. The largest absolute Gasteiger partial charge is 0.497 e. The fourth-order valence-electron chi connectivity index (χ4n) is 4.37. The van der Waals surface area contributed by atoms with Gasteiger partial charge in [-0.25, -0.2) is 14.6 Å². The fraction of sp³-hybridized carbons (Fsp3) is 0.259. The van der Waals surface area contributed by atoms with Gasteiger partial charge in [-0.2, -0.15) is 0 Å². The second kappa shape index (κ2) is 10.4. The van der Waals surface area contributed by atoms with Crippen LogP contribution in [0.3, 0.4) is 0 Å². The van der Waals surface area contributed by atoms with Gasteiger partial charge in [-0.3, -0.25) is 4.79 Å². The molecular weight excluding hydrogens is 494 g/mol. The van der Waals surface area contributed by atoms with E-state index in [1.54, 1.807) is 25.3 Å². The first-order valence-corrected chi connectivity index (χ1v) is 12.6. The Morgan fingerprint density at radius 3 is 2.57 bits per heavy atom. The molecule has 2 heterocycles. The van der Waals surface area contributed by atoms with Crippen molar-refractivity contribution in [2.24, 2.45) is 0 Å². The lowest BCUT2D eigenvalue weighted by molar-refractivity contribution is -0.119. The number of fused-ring (bicyclic) bond motifs is 2. The maximum Gasteiger partial charge on any atom is 0.341 e. The number of carbonyl (C=O) groups excluding carboxylic acids is 3. The van der Waals surface area contributed by atoms with Gasteiger partial charge in [-0.15, -0.1) is 11.3 Å². The Kier molecular flexibility index (Phi) is 6.91. The van der Waals surface area contributed by atoms with Crippen LogP contribution in [-0.2, 0) is 27.1 Å². The number of rotatable bonds is 7. The maximum absolute atomic E-state index is 12.7. The molecule has 1 amide bonds. The molecule has 0 unspecified atom stereocenters. The average Bonchev–Trinajstić information content (AvgIpc) is 3.52. The first-order chi connectivity index (χ1) is 18.0. The first kappa shape index (κ1) is 24.5. The molecule has 0 radical (unpaired) electrons. The number of nitrogens with one attached hydrogen (secondary N) is 2. The van der Waals surface area contributed by atoms with Crippen molar-refractivity contribution in [3.63, 3.8) is 0 Å². The summed E-state index contributed by atoms with van der Waals surface area (Å²) in [5.74, 6) is -0.247. The molecule has 4 aromatic rings. The molecule has 1 aliphatic rings. The van der Waals surface area contributed by atoms with Crippen LogP contribution in [0.1, 0.15) is 44.0 Å². The molecule has 2 aromatic carbocycles. The SMILES string of the molecule is COC(=O)c1c(NC(=O)COC(=O)c2ccc3nc(-c4ccc(OC)cc4)[nH]c3c2)sc2c1CCCC2. The summed E-state index contributed by atoms with van der Waals surface area (Å²) >= 11 is 1.38. The molecule has 0 atom stereocenters. The van der Waals surface area contributed by atoms with Crippen LogP contribution in [0.2, 0.25) is 0 Å². The van der Waals surface area contributed by atoms with Gasteiger partial charge in [0.2, 0.25) is 0 Å². The summed E-state index contributed by atoms with van der Waals surface area (Å²) in [6, 6.07) is 12.4. The zero-order valence-electron chi connectivity index (χ0n) is 20.4. The van der Waals surface area contributed by atoms with Gasteiger partial charge in [-0.05, 0) is 73.7 Å². The number of benzene rings is 2. The molecule has 10 heteroatoms. The number of hydrogen-bond acceptors (Lipinski definition) is 8. The van der Waals surface area contributed by atoms with Crippen LogP contribution >= 0.6 is 11.3 Å². The van der Waals surface area contributed by atoms with Crippen molar-refractivity contribution < 1.29 is 28.6 Å². The number of methoxy groups -OCH3 is 2. The highest BCUT2D eigenvalue weighted by Crippen LogP contribution is 2.38. The van der Waals surface area contributed by atoms with Gasteiger partial charge in [0, 0.05) is 10.4 Å². The molecule has 1 aliphatic carbocycles. The Morgan fingerprint density at radius 1 is 1.03 bits per heavy atom. The number of ether oxygens (including phenoxy) is 3. The van der Waals surface area contributed by atoms with E-state index in [1.165, 1.54) is 18.4 Å². The number of nitrogens with zero attached hydrogens (tertiary/aromatic N) is 1. The second-order valence-corrected chi connectivity index (χ2v) is 9.68. The van der Waals surface area contributed by atoms with Crippen LogP contribution in [-0.4, -0.2) is 48.6 Å². The number of H-pyrrole nitrogens is 1. The topological polar surface area (TPSA) is 120 Å². The first-order valence-electron chi connectivity index (χ1n) is 11.8. The normalized spacial score (nSPS) is 12.6. The predicted octanol–water partition coefficient (Wildman–Crippen LogP) is 4.76. The summed E-state index contributed by atoms with van der Waals surface area (Å²) in [5, 5.41) is 3.16. The number of carbonyl (C=O) groups is 3. The predicted molar refractivity (Wildman–Crippen MR) is 139 cm³/mol. The van der Waals surface area contributed by atoms with E-state index in [1.807, 2.05) is 24.3 Å². The molecule has 37 heavy (non-hydrogen) atoms. The highest BCUT2D eigenvalue weighted by Gasteiger charge is 2.27. The molecular formula is C27H25N3O6S. The highest BCUT2D eigenvalue weighted by molar-refractivity contribution is 7.17. The van der Waals surface area contributed by atoms with Gasteiger partial charge in [0.15, 0.2) is 6.61 Å². The van der Waals surface area contributed by atoms with Crippen molar-refractivity contribution in [1.29, 1.82) is 0 Å². The van der Waals surface area contributed by atoms with Crippen molar-refractivity contribution in [1.82, 2.24) is 9.97 Å². The van der Waals surface area contributed by atoms with Crippen molar-refractivity contribution in [3.05, 3.63) is 64.0 Å². The summed E-state index contributed by atoms with van der Waals surface area (Å²) in [6.07, 6.45) is 3.67. The monoisotopic (exact) mass is 519 g/mol. The standard InChI is InChI=1S/C27H25N3O6S/c1-34-17-10-7-15(8-11-17)24-28-19-12-9-16(13-20(19)29-24)26(32)36-14-22(31)30-25-23(27(33)35-2)18-5-3-4-6-21(18)37-25/h7-13H,3-6,14H2,1-2H3,(H,28,29)(H,30,31). The summed E-state index contributed by atoms with van der Waals surface area (Å²) in [6.45, 7) is -0.486. The Balaban J connectivity index is 1.25. The molecule has 2 aromatic heterocycles. The summed E-state index contributed by atoms with van der Waals surface area (Å²) in [7, 11) is 2.92. The fourth-order valence-corrected chi connectivity index (χ4v) is 5.66. The minimum Gasteiger partial charge on any atom is -0.497 e. The van der Waals surface area contributed by atoms with E-state index in [2.05, 4.69) is 15.3 Å². The third-order valence-corrected chi connectivity index (χ3v) is 7.44. The minimum atomic E-state index is -0.642. The van der Waals surface area contributed by atoms with Crippen LogP contribution in [0.15, 0.2) is 42.5 Å². The molecule has 0 spiro atoms. The van der Waals surface area contributed by atoms with Gasteiger partial charge >= 0.3 is 11.9 Å². The number of aromatic amines is 1. The van der Waals surface area contributed by atoms with Crippen LogP contribution in [0.4, 0.5) is 5.00 Å². The molecule has 9 nitrogen and oxygen atoms in total. The van der Waals surface area contributed by atoms with E-state index in [0.717, 1.165) is 47.4 Å². The third-order valence-electron chi connectivity index (χ3n) is 6.23. The van der Waals surface area contributed by atoms with Crippen molar-refractivity contribution in [3.8, 4) is 17.1 Å². The van der Waals surface area contributed by atoms with Gasteiger partial charge in [-0.1, -0.05) is 0 Å². The van der Waals surface area contributed by atoms with E-state index in [4.69, 9.17) is 14.2 Å². The van der Waals surface area contributed by atoms with Crippen LogP contribution in [0.5, 0.6) is 5.75 Å². The Labute approximate surface area is 216 Å². The van der Waals surface area contributed by atoms with Gasteiger partial charge in [0.1, 0.15) is 16.6 Å². The number of aromatic nitrogens is 2. The highest BCUT2D eigenvalue weighted by atomic mass is 32.1. The van der Waals surface area contributed by atoms with E-state index in [-0.39, 0.29) is 5.56 Å². The number of hydrogen-bond donors (Lipinski definition) is 2. The van der Waals surface area contributed by atoms with Gasteiger partial charge in [0.05, 0.1) is 36.4 Å². The van der Waals surface area contributed by atoms with E-state index >= 15 is 0 Å². The summed E-state index contributed by atoms with van der Waals surface area (Å²) in [5.41, 5.74) is 3.86. The van der Waals surface area contributed by atoms with Crippen molar-refractivity contribution in [2.75, 3.05) is 26.1 Å². The number of aryl methyl sites for hydroxylation is 1. The zero-order valence-corrected chi connectivity index (χ0v) is 21.2. The molecule has 0 bridgehead atoms. The smallest absolute Gasteiger partial charge is 0.341 e. The number of amides is 1. The molecule has 2 N–H and O–H groups in total. The van der Waals surface area contributed by atoms with Gasteiger partial charge < -0.3 is 24.5 Å². The van der Waals surface area contributed by atoms with Crippen molar-refractivity contribution >= 4 is 45.2 Å². The van der Waals surface area contributed by atoms with Crippen LogP contribution in [0, 0.1) is 0 Å². The molecule has 190 valence electrons. The Morgan fingerprint density at radius 2 is 1.81 bits per heavy atom. The Bertz CT molecular complexity index is 1490. The lowest BCUT2D eigenvalue weighted by Crippen LogP contribution is -2.21. The number of esters is 2. The lowest BCUT2D eigenvalue weighted by atomic mass is 9.95. The quantitative estimate of drug-likeness (QED) is 0.338. The van der Waals surface area contributed by atoms with E-state index < -0.39 is 24.5 Å². The molecule has 0 fully saturated rings. The van der Waals surface area contributed by atoms with Crippen LogP contribution < -0.4 is 10.1 Å². The molecule has 0 saturated heterocycles. The lowest BCUT2D eigenvalue weighted by Gasteiger charge is -2.11. The van der Waals surface area contributed by atoms with E-state index in [0.29, 0.717) is 27.4 Å². The average molecular weight is 520 g/mol.